The summed E-state index contributed by atoms with van der Waals surface area (Å²) in [6, 6.07) is 19.6. The van der Waals surface area contributed by atoms with Crippen LogP contribution < -0.4 is 10.2 Å². The third kappa shape index (κ3) is 4.17. The van der Waals surface area contributed by atoms with Crippen molar-refractivity contribution in [1.29, 1.82) is 0 Å². The van der Waals surface area contributed by atoms with E-state index in [1.165, 1.54) is 10.9 Å². The number of aromatic nitrogens is 3. The summed E-state index contributed by atoms with van der Waals surface area (Å²) in [6.45, 7) is 5.08. The van der Waals surface area contributed by atoms with Crippen molar-refractivity contribution in [1.82, 2.24) is 15.0 Å². The van der Waals surface area contributed by atoms with Gasteiger partial charge in [0.25, 0.3) is 5.91 Å². The van der Waals surface area contributed by atoms with Crippen LogP contribution in [-0.4, -0.2) is 33.9 Å². The fourth-order valence-corrected chi connectivity index (χ4v) is 3.59. The number of carbonyl (C=O) groups is 1. The van der Waals surface area contributed by atoms with Gasteiger partial charge in [-0.3, -0.25) is 4.79 Å². The average Bonchev–Trinajstić information content (AvgIpc) is 3.18. The summed E-state index contributed by atoms with van der Waals surface area (Å²) < 4.78 is 0. The molecule has 6 heteroatoms. The van der Waals surface area contributed by atoms with Crippen LogP contribution in [0.15, 0.2) is 66.9 Å². The van der Waals surface area contributed by atoms with Gasteiger partial charge in [0, 0.05) is 41.6 Å². The summed E-state index contributed by atoms with van der Waals surface area (Å²) in [4.78, 5) is 27.0. The number of nitrogens with zero attached hydrogens (tertiary/aromatic N) is 3. The fraction of sp³-hybridized carbons (Fsp3) is 0.208. The van der Waals surface area contributed by atoms with Crippen LogP contribution in [0.3, 0.4) is 0 Å². The van der Waals surface area contributed by atoms with Crippen LogP contribution in [0.2, 0.25) is 0 Å². The van der Waals surface area contributed by atoms with E-state index in [0.717, 1.165) is 23.3 Å². The lowest BCUT2D eigenvalue weighted by Gasteiger charge is -2.21. The highest BCUT2D eigenvalue weighted by Gasteiger charge is 2.18. The zero-order valence-corrected chi connectivity index (χ0v) is 17.2. The summed E-state index contributed by atoms with van der Waals surface area (Å²) in [7, 11) is 0. The molecule has 1 amide bonds. The molecule has 0 unspecified atom stereocenters. The Kier molecular flexibility index (Phi) is 5.75. The maximum Gasteiger partial charge on any atom is 0.277 e. The van der Waals surface area contributed by atoms with Crippen LogP contribution >= 0.6 is 0 Å². The minimum Gasteiger partial charge on any atom is -0.361 e. The number of nitrogens with one attached hydrogen (secondary N) is 2. The predicted molar refractivity (Wildman–Crippen MR) is 121 cm³/mol. The van der Waals surface area contributed by atoms with E-state index >= 15 is 0 Å². The molecular formula is C24H25N5O. The quantitative estimate of drug-likeness (QED) is 0.477. The summed E-state index contributed by atoms with van der Waals surface area (Å²) in [5, 5.41) is 4.50. The first kappa shape index (κ1) is 19.6. The third-order valence-corrected chi connectivity index (χ3v) is 5.05. The number of fused-ring (bicyclic) bond motifs is 1. The molecule has 0 saturated carbocycles. The number of anilines is 2. The highest BCUT2D eigenvalue weighted by molar-refractivity contribution is 6.04. The Bertz CT molecular complexity index is 1150. The average molecular weight is 399 g/mol. The van der Waals surface area contributed by atoms with E-state index in [9.17, 15) is 4.79 Å². The Morgan fingerprint density at radius 1 is 1.07 bits per heavy atom. The Morgan fingerprint density at radius 3 is 2.63 bits per heavy atom. The first-order valence-electron chi connectivity index (χ1n) is 10.2. The van der Waals surface area contributed by atoms with Crippen molar-refractivity contribution in [2.24, 2.45) is 0 Å². The van der Waals surface area contributed by atoms with Crippen molar-refractivity contribution in [2.45, 2.75) is 20.3 Å². The highest BCUT2D eigenvalue weighted by Crippen LogP contribution is 2.19. The maximum absolute atomic E-state index is 13.1. The number of hydrogen-bond donors (Lipinski definition) is 2. The van der Waals surface area contributed by atoms with Crippen molar-refractivity contribution in [3.63, 3.8) is 0 Å². The van der Waals surface area contributed by atoms with Gasteiger partial charge in [0.1, 0.15) is 5.69 Å². The summed E-state index contributed by atoms with van der Waals surface area (Å²) in [5.41, 5.74) is 4.38. The molecule has 0 aliphatic heterocycles. The lowest BCUT2D eigenvalue weighted by molar-refractivity contribution is 0.0983. The molecule has 2 aromatic carbocycles. The summed E-state index contributed by atoms with van der Waals surface area (Å²) >= 11 is 0. The van der Waals surface area contributed by atoms with Gasteiger partial charge in [-0.2, -0.15) is 0 Å². The number of aryl methyl sites for hydroxylation is 1. The molecule has 0 radical (unpaired) electrons. The van der Waals surface area contributed by atoms with E-state index in [0.29, 0.717) is 24.7 Å². The smallest absolute Gasteiger partial charge is 0.277 e. The van der Waals surface area contributed by atoms with Gasteiger partial charge in [0.15, 0.2) is 0 Å². The summed E-state index contributed by atoms with van der Waals surface area (Å²) in [5.74, 6) is 0.344. The molecule has 0 bridgehead atoms. The van der Waals surface area contributed by atoms with Crippen molar-refractivity contribution in [2.75, 3.05) is 23.3 Å². The minimum absolute atomic E-state index is 0.131. The molecule has 4 aromatic rings. The molecule has 2 aromatic heterocycles. The number of hydrogen-bond acceptors (Lipinski definition) is 4. The first-order chi connectivity index (χ1) is 14.7. The van der Waals surface area contributed by atoms with Crippen LogP contribution in [-0.2, 0) is 6.42 Å². The SMILES string of the molecule is CCN(C(=O)c1cc(C)nc(NCCc2c[nH]c3ccccc23)n1)c1ccccc1. The van der Waals surface area contributed by atoms with Gasteiger partial charge < -0.3 is 15.2 Å². The number of amides is 1. The van der Waals surface area contributed by atoms with E-state index < -0.39 is 0 Å². The lowest BCUT2D eigenvalue weighted by atomic mass is 10.1. The van der Waals surface area contributed by atoms with Gasteiger partial charge in [0.05, 0.1) is 0 Å². The number of H-pyrrole nitrogens is 1. The second-order valence-corrected chi connectivity index (χ2v) is 7.14. The molecule has 2 N–H and O–H groups in total. The van der Waals surface area contributed by atoms with Crippen molar-refractivity contribution < 1.29 is 4.79 Å². The molecule has 2 heterocycles. The monoisotopic (exact) mass is 399 g/mol. The third-order valence-electron chi connectivity index (χ3n) is 5.05. The van der Waals surface area contributed by atoms with Crippen LogP contribution in [0.4, 0.5) is 11.6 Å². The largest absolute Gasteiger partial charge is 0.361 e. The van der Waals surface area contributed by atoms with Crippen LogP contribution in [0.25, 0.3) is 10.9 Å². The minimum atomic E-state index is -0.131. The van der Waals surface area contributed by atoms with Gasteiger partial charge in [-0.25, -0.2) is 9.97 Å². The van der Waals surface area contributed by atoms with Gasteiger partial charge in [-0.1, -0.05) is 36.4 Å². The lowest BCUT2D eigenvalue weighted by Crippen LogP contribution is -2.31. The molecule has 0 aliphatic carbocycles. The molecule has 0 aliphatic rings. The Balaban J connectivity index is 1.48. The summed E-state index contributed by atoms with van der Waals surface area (Å²) in [6.07, 6.45) is 2.87. The first-order valence-corrected chi connectivity index (χ1v) is 10.2. The fourth-order valence-electron chi connectivity index (χ4n) is 3.59. The molecule has 152 valence electrons. The molecule has 0 fully saturated rings. The molecule has 0 saturated heterocycles. The van der Waals surface area contributed by atoms with E-state index in [-0.39, 0.29) is 5.91 Å². The van der Waals surface area contributed by atoms with Crippen molar-refractivity contribution in [3.8, 4) is 0 Å². The van der Waals surface area contributed by atoms with Crippen LogP contribution in [0.5, 0.6) is 0 Å². The van der Waals surface area contributed by atoms with Gasteiger partial charge >= 0.3 is 0 Å². The number of benzene rings is 2. The maximum atomic E-state index is 13.1. The van der Waals surface area contributed by atoms with E-state index in [4.69, 9.17) is 0 Å². The van der Waals surface area contributed by atoms with E-state index in [1.807, 2.05) is 62.5 Å². The predicted octanol–water partition coefficient (Wildman–Crippen LogP) is 4.59. The number of para-hydroxylation sites is 2. The Morgan fingerprint density at radius 2 is 1.83 bits per heavy atom. The van der Waals surface area contributed by atoms with Gasteiger partial charge in [-0.05, 0) is 50.1 Å². The molecule has 6 nitrogen and oxygen atoms in total. The van der Waals surface area contributed by atoms with Gasteiger partial charge in [0.2, 0.25) is 5.95 Å². The van der Waals surface area contributed by atoms with Crippen LogP contribution in [0, 0.1) is 6.92 Å². The molecule has 0 atom stereocenters. The van der Waals surface area contributed by atoms with E-state index in [1.54, 1.807) is 11.0 Å². The molecule has 4 rings (SSSR count). The topological polar surface area (TPSA) is 73.9 Å². The molecule has 30 heavy (non-hydrogen) atoms. The zero-order chi connectivity index (χ0) is 20.9. The Labute approximate surface area is 176 Å². The molecular weight excluding hydrogens is 374 g/mol. The second-order valence-electron chi connectivity index (χ2n) is 7.14. The highest BCUT2D eigenvalue weighted by atomic mass is 16.2. The van der Waals surface area contributed by atoms with Crippen LogP contribution in [0.1, 0.15) is 28.7 Å². The Hall–Kier alpha value is -3.67. The van der Waals surface area contributed by atoms with Gasteiger partial charge in [-0.15, -0.1) is 0 Å². The number of aromatic amines is 1. The molecule has 0 spiro atoms. The number of carbonyl (C=O) groups excluding carboxylic acids is 1. The number of rotatable bonds is 7. The second kappa shape index (κ2) is 8.78. The van der Waals surface area contributed by atoms with Crippen molar-refractivity contribution >= 4 is 28.4 Å². The zero-order valence-electron chi connectivity index (χ0n) is 17.2. The normalized spacial score (nSPS) is 10.9. The van der Waals surface area contributed by atoms with E-state index in [2.05, 4.69) is 32.4 Å². The van der Waals surface area contributed by atoms with Crippen molar-refractivity contribution in [3.05, 3.63) is 83.8 Å². The standard InChI is InChI=1S/C24H25N5O/c1-3-29(19-9-5-4-6-10-19)23(30)22-15-17(2)27-24(28-22)25-14-13-18-16-26-21-12-8-7-11-20(18)21/h4-12,15-16,26H,3,13-14H2,1-2H3,(H,25,27,28).